The summed E-state index contributed by atoms with van der Waals surface area (Å²) in [6, 6.07) is 19.5. The van der Waals surface area contributed by atoms with E-state index in [1.54, 1.807) is 59.1 Å². The SMILES string of the molecule is C.CN1C2CC[C@@H]1CC=C2C(=O)O.CN1C2CC[C@@H]1CCC2=O.CN1C2CC[C@@H]1Cc1sc(CC(=O)Cc3ccc(Cl)cc3)c(C(N)=O)c12.CN1C2CC[C@@H]1Cc1sc(N)c(C(N)=O)c12.CO.COC(=O)C1=CC[C@H]2CCC1N2C.COC(=O)C1C(=O)C[C@H]2CCC1N2C.COC(=O)C1C(O)C[C@H]2CCC1N2C.Cl.O=C=Nc1ccc(Cl)cc1.[B].[H-].[Na+]. The van der Waals surface area contributed by atoms with Crippen LogP contribution in [0.5, 0.6) is 0 Å². The largest absolute Gasteiger partial charge is 1.00 e. The number of nitrogens with zero attached hydrogens (tertiary/aromatic N) is 8. The van der Waals surface area contributed by atoms with Crippen molar-refractivity contribution in [3.05, 3.63) is 124 Å². The number of methoxy groups -OCH3 is 3. The maximum atomic E-state index is 12.6. The van der Waals surface area contributed by atoms with Crippen LogP contribution in [0.25, 0.3) is 0 Å². The van der Waals surface area contributed by atoms with Gasteiger partial charge in [-0.05, 0) is 231 Å². The third-order valence-corrected chi connectivity index (χ3v) is 29.7. The first-order chi connectivity index (χ1) is 55.9. The molecule has 14 aliphatic rings. The van der Waals surface area contributed by atoms with Gasteiger partial charge in [0, 0.05) is 144 Å². The van der Waals surface area contributed by atoms with Gasteiger partial charge in [0.25, 0.3) is 5.91 Å². The zero-order valence-electron chi connectivity index (χ0n) is 72.1. The second-order valence-corrected chi connectivity index (χ2v) is 36.1. The molecule has 10 fully saturated rings. The summed E-state index contributed by atoms with van der Waals surface area (Å²) >= 11 is 14.6. The second-order valence-electron chi connectivity index (χ2n) is 32.9. The van der Waals surface area contributed by atoms with Gasteiger partial charge in [0.2, 0.25) is 12.0 Å². The predicted octanol–water partition coefficient (Wildman–Crippen LogP) is 7.22. The third-order valence-electron chi connectivity index (χ3n) is 27.0. The molecule has 34 heteroatoms. The van der Waals surface area contributed by atoms with Crippen molar-refractivity contribution in [2.45, 2.75) is 252 Å². The molecule has 18 rings (SSSR count). The number of ether oxygens (including phenoxy) is 3. The fraction of sp³-hybridized carbons (Fsp3) is 0.609. The Morgan fingerprint density at radius 2 is 0.992 bits per heavy atom. The third kappa shape index (κ3) is 23.8. The molecule has 4 aromatic rings. The van der Waals surface area contributed by atoms with Crippen molar-refractivity contribution < 1.29 is 108 Å². The number of nitrogen functional groups attached to an aromatic ring is 1. The van der Waals surface area contributed by atoms with E-state index in [0.29, 0.717) is 117 Å². The predicted molar refractivity (Wildman–Crippen MR) is 470 cm³/mol. The van der Waals surface area contributed by atoms with Gasteiger partial charge in [-0.15, -0.1) is 35.1 Å². The molecule has 10 unspecified atom stereocenters. The second kappa shape index (κ2) is 46.9. The van der Waals surface area contributed by atoms with Gasteiger partial charge >= 0.3 is 53.4 Å². The molecule has 10 saturated heterocycles. The first kappa shape index (κ1) is 104. The maximum Gasteiger partial charge on any atom is 1.00 e. The molecule has 2 aromatic heterocycles. The molecule has 2 amide bonds. The number of nitrogens with two attached hydrogens (primary N) is 3. The smallest absolute Gasteiger partial charge is 1.00 e. The van der Waals surface area contributed by atoms with Gasteiger partial charge in [0.05, 0.1) is 72.4 Å². The Hall–Kier alpha value is -6.10. The zero-order valence-corrected chi connectivity index (χ0v) is 77.0. The number of fused-ring (bicyclic) bond motifs is 18. The number of likely N-dealkylation sites (N-methyl/N-ethyl adjacent to an activating group) is 5. The van der Waals surface area contributed by atoms with E-state index < -0.39 is 23.9 Å². The monoisotopic (exact) mass is 1780 g/mol. The van der Waals surface area contributed by atoms with E-state index in [4.69, 9.17) is 60.1 Å². The number of isocyanates is 1. The number of carbonyl (C=O) groups is 9. The standard InChI is InChI=1S/C20H21ClN2O2S.C11H15N3OS.C10H17NO3.C10H15NO3.C10H15NO2.C9H13NO2.C8H13NO.C7H4ClNO.CH4O.CH4.B.ClH.Na.H/c1-23-13-6-7-15(23)18-16(9-13)26-17(19(18)20(22)25)10-14(24)8-11-2-4-12(21)5-3-11;1-14-5-2-3-6(14)8-7(4-5)16-11(13)9(8)10(12)15;2*1-11-6-3-4-7(11)9(8(12)5-6)10(13)14-2;1-11-7-3-5-8(10(12)13-2)9(11)6-4-7;1-10-6-2-4-7(9(11)12)8(10)5-3-6;1-9-6-2-4-7(9)8(10)5-3-6;8-6-1-3-7(4-2-6)9-5-10;1-2;;;;;/h2-5,13,15H,6-10H2,1H3,(H2,22,25);5-6H,2-4,13H2,1H3,(H2,12,15);6-9,12H,3-5H2,1-2H3;6-7,9H,3-5H2,1-2H3;5,7,9H,3-4,6H2,1-2H3;4,6,8H,2-3,5H2,1H3,(H,11,12);6-7H,2-5H2,1H3;1-4H;2H,1H3;1H4;;1H;;/q;;;;;;;;;;;;+1;-1/t13-,15?;5-,6?;6-,7?,8?,9?;6-,7?,9?;7-,9?;6-,8?;6-,7?;;;;;;;/m1111001......./s1. The number of esters is 3. The molecular formula is C87H123BCl3N11NaO16S2. The summed E-state index contributed by atoms with van der Waals surface area (Å²) in [5.41, 5.74) is 23.4. The molecule has 659 valence electrons. The summed E-state index contributed by atoms with van der Waals surface area (Å²) in [6.07, 6.45) is 27.9. The number of aliphatic hydroxyl groups is 2. The van der Waals surface area contributed by atoms with Crippen molar-refractivity contribution in [1.29, 1.82) is 0 Å². The molecule has 2 aromatic carbocycles. The van der Waals surface area contributed by atoms with Gasteiger partial charge in [-0.2, -0.15) is 4.99 Å². The van der Waals surface area contributed by atoms with Crippen LogP contribution in [-0.2, 0) is 78.3 Å². The van der Waals surface area contributed by atoms with Gasteiger partial charge in [-0.25, -0.2) is 14.4 Å². The number of primary amides is 2. The summed E-state index contributed by atoms with van der Waals surface area (Å²) in [5, 5.41) is 27.6. The molecule has 0 aliphatic carbocycles. The first-order valence-electron chi connectivity index (χ1n) is 40.7. The topological polar surface area (TPSA) is 372 Å². The van der Waals surface area contributed by atoms with Crippen LogP contribution >= 0.6 is 58.3 Å². The number of anilines is 1. The average molecular weight is 1780 g/mol. The maximum absolute atomic E-state index is 12.6. The Labute approximate surface area is 761 Å². The van der Waals surface area contributed by atoms with E-state index in [9.17, 15) is 53.1 Å². The number of rotatable bonds is 11. The summed E-state index contributed by atoms with van der Waals surface area (Å²) < 4.78 is 14.2. The number of carbonyl (C=O) groups excluding carboxylic acids is 9. The number of carboxylic acids is 1. The van der Waals surface area contributed by atoms with E-state index in [1.165, 1.54) is 56.4 Å². The van der Waals surface area contributed by atoms with Crippen molar-refractivity contribution in [2.24, 2.45) is 28.3 Å². The summed E-state index contributed by atoms with van der Waals surface area (Å²) in [4.78, 5) is 137. The van der Waals surface area contributed by atoms with Crippen LogP contribution < -0.4 is 46.8 Å². The van der Waals surface area contributed by atoms with E-state index in [0.717, 1.165) is 149 Å². The zero-order chi connectivity index (χ0) is 85.1. The molecule has 121 heavy (non-hydrogen) atoms. The molecule has 14 bridgehead atoms. The number of aliphatic imine (C=N–C) groups is 1. The number of piperidine rings is 3. The fourth-order valence-electron chi connectivity index (χ4n) is 20.5. The molecule has 27 nitrogen and oxygen atoms in total. The number of Topliss-reactive ketones (excluding diaryl/α,β-unsaturated/α-hetero) is 3. The minimum Gasteiger partial charge on any atom is -1.00 e. The van der Waals surface area contributed by atoms with E-state index in [1.807, 2.05) is 45.4 Å². The van der Waals surface area contributed by atoms with Crippen LogP contribution in [0.15, 0.2) is 76.8 Å². The number of aliphatic carboxylic acids is 1. The number of aliphatic hydroxyl groups excluding tert-OH is 2. The summed E-state index contributed by atoms with van der Waals surface area (Å²) in [7, 11) is 19.7. The van der Waals surface area contributed by atoms with Crippen LogP contribution in [0.1, 0.15) is 201 Å². The molecule has 0 saturated carbocycles. The quantitative estimate of drug-likeness (QED) is 0.0215. The number of ketones is 3. The Bertz CT molecular complexity index is 4390. The summed E-state index contributed by atoms with van der Waals surface area (Å²) in [5.74, 6) is -2.59. The molecule has 14 aliphatic heterocycles. The number of benzene rings is 2. The molecule has 17 atom stereocenters. The van der Waals surface area contributed by atoms with Gasteiger partial charge < -0.3 is 48.2 Å². The Morgan fingerprint density at radius 3 is 1.52 bits per heavy atom. The van der Waals surface area contributed by atoms with Crippen LogP contribution in [0, 0.1) is 11.8 Å². The molecule has 3 radical (unpaired) electrons. The van der Waals surface area contributed by atoms with Crippen molar-refractivity contribution in [2.75, 3.05) is 83.5 Å². The normalized spacial score (nSPS) is 28.7. The number of halogens is 3. The molecular weight excluding hydrogens is 1660 g/mol. The van der Waals surface area contributed by atoms with Crippen molar-refractivity contribution >= 4 is 137 Å². The Balaban J connectivity index is 0.000000250. The van der Waals surface area contributed by atoms with E-state index in [-0.39, 0.29) is 131 Å². The minimum atomic E-state index is -0.743. The Kier molecular flexibility index (Phi) is 40.2. The van der Waals surface area contributed by atoms with Crippen molar-refractivity contribution in [3.63, 3.8) is 0 Å². The van der Waals surface area contributed by atoms with Crippen LogP contribution in [-0.4, -0.2) is 274 Å². The average Bonchev–Trinajstić information content (AvgIpc) is 1.59. The van der Waals surface area contributed by atoms with Gasteiger partial charge in [-0.3, -0.25) is 67.9 Å². The Morgan fingerprint density at radius 1 is 0.545 bits per heavy atom. The molecule has 9 N–H and O–H groups in total. The van der Waals surface area contributed by atoms with E-state index in [2.05, 4.69) is 72.2 Å². The van der Waals surface area contributed by atoms with Crippen LogP contribution in [0.3, 0.4) is 0 Å². The van der Waals surface area contributed by atoms with Crippen molar-refractivity contribution in [1.82, 2.24) is 34.3 Å². The first-order valence-corrected chi connectivity index (χ1v) is 43.1. The van der Waals surface area contributed by atoms with Gasteiger partial charge in [0.1, 0.15) is 23.3 Å². The van der Waals surface area contributed by atoms with Crippen molar-refractivity contribution in [3.8, 4) is 0 Å². The van der Waals surface area contributed by atoms with E-state index >= 15 is 0 Å². The van der Waals surface area contributed by atoms with Gasteiger partial charge in [0.15, 0.2) is 0 Å². The van der Waals surface area contributed by atoms with Crippen LogP contribution in [0.2, 0.25) is 10.0 Å². The number of hydrogen-bond acceptors (Lipinski definition) is 26. The summed E-state index contributed by atoms with van der Waals surface area (Å²) in [6.45, 7) is 0. The number of amides is 2. The molecule has 16 heterocycles. The number of hydrogen-bond donors (Lipinski definition) is 6. The fourth-order valence-corrected chi connectivity index (χ4v) is 23.4. The van der Waals surface area contributed by atoms with Gasteiger partial charge in [-0.1, -0.05) is 54.9 Å². The molecule has 0 spiro atoms. The number of thiophene rings is 2. The van der Waals surface area contributed by atoms with Crippen LogP contribution in [0.4, 0.5) is 10.7 Å². The minimum absolute atomic E-state index is 0. The number of carboxylic acid groups (broad SMARTS) is 1.